The maximum atomic E-state index is 12.2. The van der Waals surface area contributed by atoms with Gasteiger partial charge in [-0.25, -0.2) is 4.98 Å². The van der Waals surface area contributed by atoms with Gasteiger partial charge in [0.2, 0.25) is 0 Å². The van der Waals surface area contributed by atoms with E-state index < -0.39 is 0 Å². The molecule has 0 saturated heterocycles. The van der Waals surface area contributed by atoms with Gasteiger partial charge in [-0.3, -0.25) is 4.79 Å². The molecule has 1 fully saturated rings. The molecule has 22 heavy (non-hydrogen) atoms. The normalized spacial score (nSPS) is 15.5. The van der Waals surface area contributed by atoms with Crippen LogP contribution in [0.1, 0.15) is 53.9 Å². The quantitative estimate of drug-likeness (QED) is 0.824. The van der Waals surface area contributed by atoms with Crippen molar-refractivity contribution in [2.24, 2.45) is 0 Å². The molecule has 1 aliphatic rings. The van der Waals surface area contributed by atoms with Crippen LogP contribution in [0.15, 0.2) is 47.1 Å². The maximum Gasteiger partial charge on any atom is 0.256 e. The number of carbonyl (C=O) groups excluding carboxylic acids is 1. The van der Waals surface area contributed by atoms with E-state index in [0.29, 0.717) is 17.3 Å². The summed E-state index contributed by atoms with van der Waals surface area (Å²) in [6.45, 7) is 0. The number of benzene rings is 1. The summed E-state index contributed by atoms with van der Waals surface area (Å²) in [7, 11) is 0. The molecule has 4 heteroatoms. The summed E-state index contributed by atoms with van der Waals surface area (Å²) in [6, 6.07) is 11.7. The zero-order valence-corrected chi connectivity index (χ0v) is 14.0. The second-order valence-corrected chi connectivity index (χ2v) is 6.69. The number of halogens is 1. The lowest BCUT2D eigenvalue weighted by Crippen LogP contribution is -2.13. The number of aromatic nitrogens is 1. The van der Waals surface area contributed by atoms with Gasteiger partial charge in [0, 0.05) is 16.2 Å². The van der Waals surface area contributed by atoms with Gasteiger partial charge in [-0.2, -0.15) is 0 Å². The predicted molar refractivity (Wildman–Crippen MR) is 92.2 cm³/mol. The van der Waals surface area contributed by atoms with Gasteiger partial charge in [-0.1, -0.05) is 31.4 Å². The van der Waals surface area contributed by atoms with Crippen molar-refractivity contribution in [1.82, 2.24) is 4.98 Å². The van der Waals surface area contributed by atoms with Crippen LogP contribution in [-0.4, -0.2) is 10.9 Å². The van der Waals surface area contributed by atoms with Gasteiger partial charge >= 0.3 is 0 Å². The lowest BCUT2D eigenvalue weighted by atomic mass is 9.84. The number of rotatable bonds is 3. The highest BCUT2D eigenvalue weighted by Gasteiger charge is 2.16. The number of pyridine rings is 1. The standard InChI is InChI=1S/C18H19BrN2O/c19-16-10-11-17(20-12-16)21-18(22)15-8-6-14(7-9-15)13-4-2-1-3-5-13/h6-13H,1-5H2,(H,20,21,22). The van der Waals surface area contributed by atoms with E-state index in [1.54, 1.807) is 12.3 Å². The smallest absolute Gasteiger partial charge is 0.256 e. The van der Waals surface area contributed by atoms with Crippen LogP contribution >= 0.6 is 15.9 Å². The molecule has 0 radical (unpaired) electrons. The summed E-state index contributed by atoms with van der Waals surface area (Å²) in [5, 5.41) is 2.81. The van der Waals surface area contributed by atoms with Crippen LogP contribution in [0.3, 0.4) is 0 Å². The molecule has 0 bridgehead atoms. The van der Waals surface area contributed by atoms with Gasteiger partial charge < -0.3 is 5.32 Å². The average Bonchev–Trinajstić information content (AvgIpc) is 2.58. The topological polar surface area (TPSA) is 42.0 Å². The highest BCUT2D eigenvalue weighted by Crippen LogP contribution is 2.32. The van der Waals surface area contributed by atoms with Gasteiger partial charge in [-0.05, 0) is 64.5 Å². The van der Waals surface area contributed by atoms with Crippen LogP contribution in [0.4, 0.5) is 5.82 Å². The summed E-state index contributed by atoms with van der Waals surface area (Å²) < 4.78 is 0.891. The van der Waals surface area contributed by atoms with Gasteiger partial charge in [0.25, 0.3) is 5.91 Å². The molecule has 0 unspecified atom stereocenters. The minimum absolute atomic E-state index is 0.120. The Kier molecular flexibility index (Phi) is 4.88. The Balaban J connectivity index is 1.66. The molecule has 2 aromatic rings. The second kappa shape index (κ2) is 7.05. The maximum absolute atomic E-state index is 12.2. The molecule has 1 N–H and O–H groups in total. The fourth-order valence-electron chi connectivity index (χ4n) is 2.98. The number of anilines is 1. The number of nitrogens with one attached hydrogen (secondary N) is 1. The Hall–Kier alpha value is -1.68. The Labute approximate surface area is 139 Å². The first-order chi connectivity index (χ1) is 10.7. The third-order valence-electron chi connectivity index (χ3n) is 4.22. The van der Waals surface area contributed by atoms with Crippen LogP contribution in [0.2, 0.25) is 0 Å². The van der Waals surface area contributed by atoms with Crippen LogP contribution in [0, 0.1) is 0 Å². The van der Waals surface area contributed by atoms with Crippen LogP contribution in [0.5, 0.6) is 0 Å². The molecule has 114 valence electrons. The molecule has 1 saturated carbocycles. The van der Waals surface area contributed by atoms with E-state index in [4.69, 9.17) is 0 Å². The number of hydrogen-bond donors (Lipinski definition) is 1. The molecule has 0 atom stereocenters. The Morgan fingerprint density at radius 3 is 2.41 bits per heavy atom. The average molecular weight is 359 g/mol. The fraction of sp³-hybridized carbons (Fsp3) is 0.333. The number of hydrogen-bond acceptors (Lipinski definition) is 2. The van der Waals surface area contributed by atoms with E-state index in [0.717, 1.165) is 4.47 Å². The van der Waals surface area contributed by atoms with Crippen molar-refractivity contribution < 1.29 is 4.79 Å². The Morgan fingerprint density at radius 2 is 1.77 bits per heavy atom. The van der Waals surface area contributed by atoms with Crippen molar-refractivity contribution >= 4 is 27.7 Å². The third-order valence-corrected chi connectivity index (χ3v) is 4.69. The van der Waals surface area contributed by atoms with E-state index in [2.05, 4.69) is 38.4 Å². The van der Waals surface area contributed by atoms with Gasteiger partial charge in [0.15, 0.2) is 0 Å². The van der Waals surface area contributed by atoms with Gasteiger partial charge in [-0.15, -0.1) is 0 Å². The molecule has 1 amide bonds. The molecule has 1 heterocycles. The van der Waals surface area contributed by atoms with E-state index >= 15 is 0 Å². The SMILES string of the molecule is O=C(Nc1ccc(Br)cn1)c1ccc(C2CCCCC2)cc1. The van der Waals surface area contributed by atoms with E-state index in [1.165, 1.54) is 37.7 Å². The summed E-state index contributed by atoms with van der Waals surface area (Å²) >= 11 is 3.33. The van der Waals surface area contributed by atoms with Crippen molar-refractivity contribution in [2.75, 3.05) is 5.32 Å². The summed E-state index contributed by atoms with van der Waals surface area (Å²) in [4.78, 5) is 16.4. The van der Waals surface area contributed by atoms with Crippen molar-refractivity contribution in [3.8, 4) is 0 Å². The highest BCUT2D eigenvalue weighted by molar-refractivity contribution is 9.10. The zero-order chi connectivity index (χ0) is 15.4. The first-order valence-corrected chi connectivity index (χ1v) is 8.54. The van der Waals surface area contributed by atoms with Gasteiger partial charge in [0.05, 0.1) is 0 Å². The third kappa shape index (κ3) is 3.74. The van der Waals surface area contributed by atoms with Crippen LogP contribution in [0.25, 0.3) is 0 Å². The Morgan fingerprint density at radius 1 is 1.05 bits per heavy atom. The fourth-order valence-corrected chi connectivity index (χ4v) is 3.22. The van der Waals surface area contributed by atoms with Crippen LogP contribution < -0.4 is 5.32 Å². The Bertz CT molecular complexity index is 631. The molecule has 1 aromatic carbocycles. The van der Waals surface area contributed by atoms with Crippen molar-refractivity contribution in [3.05, 3.63) is 58.2 Å². The van der Waals surface area contributed by atoms with Crippen molar-refractivity contribution in [2.45, 2.75) is 38.0 Å². The minimum Gasteiger partial charge on any atom is -0.307 e. The monoisotopic (exact) mass is 358 g/mol. The van der Waals surface area contributed by atoms with E-state index in [-0.39, 0.29) is 5.91 Å². The summed E-state index contributed by atoms with van der Waals surface area (Å²) in [6.07, 6.45) is 8.21. The molecular formula is C18H19BrN2O. The zero-order valence-electron chi connectivity index (χ0n) is 12.4. The molecule has 0 spiro atoms. The number of nitrogens with zero attached hydrogens (tertiary/aromatic N) is 1. The number of amides is 1. The number of carbonyl (C=O) groups is 1. The van der Waals surface area contributed by atoms with Crippen LogP contribution in [-0.2, 0) is 0 Å². The lowest BCUT2D eigenvalue weighted by Gasteiger charge is -2.22. The van der Waals surface area contributed by atoms with E-state index in [1.807, 2.05) is 18.2 Å². The molecule has 0 aliphatic heterocycles. The lowest BCUT2D eigenvalue weighted by molar-refractivity contribution is 0.102. The molecule has 3 nitrogen and oxygen atoms in total. The molecular weight excluding hydrogens is 340 g/mol. The second-order valence-electron chi connectivity index (χ2n) is 5.77. The molecule has 1 aliphatic carbocycles. The molecule has 3 rings (SSSR count). The molecule has 1 aromatic heterocycles. The predicted octanol–water partition coefficient (Wildman–Crippen LogP) is 5.14. The minimum atomic E-state index is -0.120. The van der Waals surface area contributed by atoms with Crippen molar-refractivity contribution in [1.29, 1.82) is 0 Å². The highest BCUT2D eigenvalue weighted by atomic mass is 79.9. The first-order valence-electron chi connectivity index (χ1n) is 7.75. The summed E-state index contributed by atoms with van der Waals surface area (Å²) in [5.41, 5.74) is 2.03. The van der Waals surface area contributed by atoms with Gasteiger partial charge in [0.1, 0.15) is 5.82 Å². The van der Waals surface area contributed by atoms with Crippen molar-refractivity contribution in [3.63, 3.8) is 0 Å². The largest absolute Gasteiger partial charge is 0.307 e. The first kappa shape index (κ1) is 15.2. The summed E-state index contributed by atoms with van der Waals surface area (Å²) in [5.74, 6) is 1.11. The van der Waals surface area contributed by atoms with E-state index in [9.17, 15) is 4.79 Å².